The van der Waals surface area contributed by atoms with Gasteiger partial charge in [0.25, 0.3) is 5.69 Å². The summed E-state index contributed by atoms with van der Waals surface area (Å²) >= 11 is 0. The van der Waals surface area contributed by atoms with Crippen molar-refractivity contribution in [3.8, 4) is 11.6 Å². The normalized spacial score (nSPS) is 11.3. The zero-order valence-electron chi connectivity index (χ0n) is 11.2. The molecule has 0 bridgehead atoms. The first-order valence-corrected chi connectivity index (χ1v) is 5.83. The Balaban J connectivity index is 2.69. The van der Waals surface area contributed by atoms with E-state index in [1.54, 1.807) is 0 Å². The molecule has 0 spiro atoms. The molecule has 0 radical (unpaired) electrons. The summed E-state index contributed by atoms with van der Waals surface area (Å²) in [7, 11) is 0. The average molecular weight is 332 g/mol. The maximum absolute atomic E-state index is 13.1. The van der Waals surface area contributed by atoms with Gasteiger partial charge in [-0.3, -0.25) is 25.3 Å². The minimum atomic E-state index is -5.10. The smallest absolute Gasteiger partial charge is 0.420 e. The van der Waals surface area contributed by atoms with E-state index in [-0.39, 0.29) is 11.9 Å². The summed E-state index contributed by atoms with van der Waals surface area (Å²) in [5.74, 6) is -1.51. The minimum Gasteiger partial charge on any atom is -0.430 e. The van der Waals surface area contributed by atoms with E-state index in [1.807, 2.05) is 0 Å². The highest BCUT2D eigenvalue weighted by atomic mass is 19.4. The van der Waals surface area contributed by atoms with E-state index < -0.39 is 38.7 Å². The second-order valence-corrected chi connectivity index (χ2v) is 4.34. The number of aryl methyl sites for hydroxylation is 1. The molecule has 2 aromatic rings. The summed E-state index contributed by atoms with van der Waals surface area (Å²) in [6, 6.07) is 1.78. The monoisotopic (exact) mass is 332 g/mol. The van der Waals surface area contributed by atoms with Crippen molar-refractivity contribution in [2.24, 2.45) is 0 Å². The molecule has 0 fully saturated rings. The lowest BCUT2D eigenvalue weighted by molar-refractivity contribution is -0.395. The standard InChI is InChI=1S/C11H7F3N4O5/c1-5-2-9(16-15-5)23-10-7(11(12,13)14)3-6(17(19)20)4-8(10)18(21)22/h2-4H,1H3,(H,15,16). The Bertz CT molecular complexity index is 786. The zero-order valence-corrected chi connectivity index (χ0v) is 11.2. The quantitative estimate of drug-likeness (QED) is 0.676. The number of H-pyrrole nitrogens is 1. The highest BCUT2D eigenvalue weighted by Crippen LogP contribution is 2.45. The molecule has 23 heavy (non-hydrogen) atoms. The number of benzene rings is 1. The summed E-state index contributed by atoms with van der Waals surface area (Å²) in [5.41, 5.74) is -3.46. The Morgan fingerprint density at radius 2 is 1.83 bits per heavy atom. The van der Waals surface area contributed by atoms with E-state index in [9.17, 15) is 33.4 Å². The molecule has 1 aromatic carbocycles. The molecule has 2 rings (SSSR count). The summed E-state index contributed by atoms with van der Waals surface area (Å²) in [6.45, 7) is 1.54. The highest BCUT2D eigenvalue weighted by molar-refractivity contribution is 5.60. The van der Waals surface area contributed by atoms with Gasteiger partial charge in [0.2, 0.25) is 11.6 Å². The Morgan fingerprint density at radius 1 is 1.17 bits per heavy atom. The largest absolute Gasteiger partial charge is 0.430 e. The van der Waals surface area contributed by atoms with Crippen LogP contribution in [0.2, 0.25) is 0 Å². The van der Waals surface area contributed by atoms with Crippen LogP contribution in [0.15, 0.2) is 18.2 Å². The van der Waals surface area contributed by atoms with Gasteiger partial charge < -0.3 is 4.74 Å². The molecule has 1 aromatic heterocycles. The number of nitro groups is 2. The molecule has 0 amide bonds. The number of aromatic nitrogens is 2. The van der Waals surface area contributed by atoms with Crippen molar-refractivity contribution in [1.82, 2.24) is 10.2 Å². The van der Waals surface area contributed by atoms with Crippen molar-refractivity contribution < 1.29 is 27.8 Å². The van der Waals surface area contributed by atoms with Gasteiger partial charge in [-0.1, -0.05) is 0 Å². The topological polar surface area (TPSA) is 124 Å². The van der Waals surface area contributed by atoms with Gasteiger partial charge in [-0.25, -0.2) is 0 Å². The molecule has 0 aliphatic heterocycles. The number of rotatable bonds is 4. The Morgan fingerprint density at radius 3 is 2.26 bits per heavy atom. The van der Waals surface area contributed by atoms with Crippen LogP contribution in [0.1, 0.15) is 11.3 Å². The molecule has 12 heteroatoms. The SMILES string of the molecule is Cc1cc(Oc2c([N+](=O)[O-])cc([N+](=O)[O-])cc2C(F)(F)F)n[nH]1. The fraction of sp³-hybridized carbons (Fsp3) is 0.182. The fourth-order valence-electron chi connectivity index (χ4n) is 1.71. The summed E-state index contributed by atoms with van der Waals surface area (Å²) < 4.78 is 44.1. The van der Waals surface area contributed by atoms with Crippen molar-refractivity contribution in [3.05, 3.63) is 49.7 Å². The van der Waals surface area contributed by atoms with Crippen LogP contribution >= 0.6 is 0 Å². The van der Waals surface area contributed by atoms with Crippen molar-refractivity contribution in [1.29, 1.82) is 0 Å². The fourth-order valence-corrected chi connectivity index (χ4v) is 1.71. The van der Waals surface area contributed by atoms with E-state index >= 15 is 0 Å². The first kappa shape index (κ1) is 16.2. The van der Waals surface area contributed by atoms with Crippen LogP contribution in [-0.4, -0.2) is 20.0 Å². The second kappa shape index (κ2) is 5.55. The highest BCUT2D eigenvalue weighted by Gasteiger charge is 2.41. The Kier molecular flexibility index (Phi) is 3.91. The zero-order chi connectivity index (χ0) is 17.4. The van der Waals surface area contributed by atoms with Crippen LogP contribution in [0.5, 0.6) is 11.6 Å². The van der Waals surface area contributed by atoms with Crippen molar-refractivity contribution in [2.75, 3.05) is 0 Å². The molecular formula is C11H7F3N4O5. The maximum atomic E-state index is 13.1. The van der Waals surface area contributed by atoms with Crippen molar-refractivity contribution in [2.45, 2.75) is 13.1 Å². The predicted octanol–water partition coefficient (Wildman–Crippen LogP) is 3.35. The summed E-state index contributed by atoms with van der Waals surface area (Å²) in [6.07, 6.45) is -5.10. The van der Waals surface area contributed by atoms with Crippen molar-refractivity contribution >= 4 is 11.4 Å². The molecule has 1 N–H and O–H groups in total. The molecule has 1 heterocycles. The van der Waals surface area contributed by atoms with Gasteiger partial charge in [0.1, 0.15) is 5.56 Å². The lowest BCUT2D eigenvalue weighted by Gasteiger charge is -2.12. The van der Waals surface area contributed by atoms with Gasteiger partial charge in [0, 0.05) is 17.8 Å². The second-order valence-electron chi connectivity index (χ2n) is 4.34. The number of halogens is 3. The number of ether oxygens (including phenoxy) is 1. The van der Waals surface area contributed by atoms with E-state index in [1.165, 1.54) is 13.0 Å². The molecular weight excluding hydrogens is 325 g/mol. The van der Waals surface area contributed by atoms with Crippen LogP contribution in [0.4, 0.5) is 24.5 Å². The third kappa shape index (κ3) is 3.36. The number of nitrogens with one attached hydrogen (secondary N) is 1. The van der Waals surface area contributed by atoms with Gasteiger partial charge in [-0.2, -0.15) is 13.2 Å². The number of nitrogens with zero attached hydrogens (tertiary/aromatic N) is 3. The Labute approximate surface area is 125 Å². The molecule has 0 atom stereocenters. The van der Waals surface area contributed by atoms with Gasteiger partial charge in [0.05, 0.1) is 15.9 Å². The average Bonchev–Trinajstić information content (AvgIpc) is 2.82. The third-order valence-corrected chi connectivity index (χ3v) is 2.66. The van der Waals surface area contributed by atoms with Crippen LogP contribution < -0.4 is 4.74 Å². The Hall–Kier alpha value is -3.18. The molecule has 0 saturated heterocycles. The molecule has 0 aliphatic rings. The minimum absolute atomic E-state index is 0.168. The van der Waals surface area contributed by atoms with Crippen LogP contribution in [0.3, 0.4) is 0 Å². The maximum Gasteiger partial charge on any atom is 0.420 e. The lowest BCUT2D eigenvalue weighted by atomic mass is 10.1. The summed E-state index contributed by atoms with van der Waals surface area (Å²) in [4.78, 5) is 19.3. The van der Waals surface area contributed by atoms with Crippen LogP contribution in [0.25, 0.3) is 0 Å². The number of hydrogen-bond donors (Lipinski definition) is 1. The van der Waals surface area contributed by atoms with E-state index in [2.05, 4.69) is 10.2 Å². The number of nitro benzene ring substituents is 2. The molecule has 9 nitrogen and oxygen atoms in total. The van der Waals surface area contributed by atoms with Crippen molar-refractivity contribution in [3.63, 3.8) is 0 Å². The molecule has 0 saturated carbocycles. The van der Waals surface area contributed by atoms with Gasteiger partial charge in [-0.15, -0.1) is 5.10 Å². The van der Waals surface area contributed by atoms with Crippen LogP contribution in [-0.2, 0) is 6.18 Å². The molecule has 0 aliphatic carbocycles. The van der Waals surface area contributed by atoms with Crippen LogP contribution in [0, 0.1) is 27.2 Å². The van der Waals surface area contributed by atoms with Gasteiger partial charge in [0.15, 0.2) is 0 Å². The number of hydrogen-bond acceptors (Lipinski definition) is 6. The number of non-ortho nitro benzene ring substituents is 1. The number of alkyl halides is 3. The number of aromatic amines is 1. The van der Waals surface area contributed by atoms with E-state index in [0.717, 1.165) is 0 Å². The molecule has 122 valence electrons. The first-order valence-electron chi connectivity index (χ1n) is 5.83. The lowest BCUT2D eigenvalue weighted by Crippen LogP contribution is -2.10. The summed E-state index contributed by atoms with van der Waals surface area (Å²) in [5, 5.41) is 27.6. The molecule has 0 unspecified atom stereocenters. The predicted molar refractivity (Wildman–Crippen MR) is 68.2 cm³/mol. The van der Waals surface area contributed by atoms with Gasteiger partial charge in [-0.05, 0) is 6.92 Å². The third-order valence-electron chi connectivity index (χ3n) is 2.66. The van der Waals surface area contributed by atoms with E-state index in [0.29, 0.717) is 11.8 Å². The van der Waals surface area contributed by atoms with Gasteiger partial charge >= 0.3 is 11.9 Å². The first-order chi connectivity index (χ1) is 10.6. The van der Waals surface area contributed by atoms with E-state index in [4.69, 9.17) is 4.74 Å².